The minimum absolute atomic E-state index is 0.0477. The molecule has 3 N–H and O–H groups in total. The van der Waals surface area contributed by atoms with Crippen molar-refractivity contribution in [3.63, 3.8) is 0 Å². The average molecular weight is 379 g/mol. The fourth-order valence-electron chi connectivity index (χ4n) is 3.22. The lowest BCUT2D eigenvalue weighted by atomic mass is 9.92. The van der Waals surface area contributed by atoms with Gasteiger partial charge in [-0.05, 0) is 12.3 Å². The van der Waals surface area contributed by atoms with Crippen molar-refractivity contribution in [2.24, 2.45) is 11.8 Å². The van der Waals surface area contributed by atoms with Gasteiger partial charge in [0, 0.05) is 20.5 Å². The van der Waals surface area contributed by atoms with Gasteiger partial charge in [-0.1, -0.05) is 32.6 Å². The van der Waals surface area contributed by atoms with E-state index < -0.39 is 5.92 Å². The molecule has 0 bridgehead atoms. The van der Waals surface area contributed by atoms with Crippen LogP contribution in [0, 0.1) is 11.8 Å². The summed E-state index contributed by atoms with van der Waals surface area (Å²) in [5, 5.41) is 10.0. The molecule has 1 heterocycles. The average Bonchev–Trinajstić information content (AvgIpc) is 3.18. The van der Waals surface area contributed by atoms with E-state index in [1.165, 1.54) is 0 Å². The van der Waals surface area contributed by atoms with Crippen molar-refractivity contribution in [1.29, 1.82) is 0 Å². The number of aryl methyl sites for hydroxylation is 1. The van der Waals surface area contributed by atoms with E-state index in [2.05, 4.69) is 25.8 Å². The van der Waals surface area contributed by atoms with E-state index in [-0.39, 0.29) is 18.4 Å². The molecule has 2 amide bonds. The summed E-state index contributed by atoms with van der Waals surface area (Å²) in [6, 6.07) is 0. The Morgan fingerprint density at radius 3 is 2.59 bits per heavy atom. The van der Waals surface area contributed by atoms with Gasteiger partial charge in [-0.15, -0.1) is 0 Å². The van der Waals surface area contributed by atoms with Crippen LogP contribution in [0.25, 0.3) is 0 Å². The third-order valence-electron chi connectivity index (χ3n) is 4.68. The van der Waals surface area contributed by atoms with E-state index >= 15 is 0 Å². The molecule has 10 nitrogen and oxygen atoms in total. The molecule has 1 aliphatic rings. The van der Waals surface area contributed by atoms with Crippen molar-refractivity contribution in [3.8, 4) is 0 Å². The lowest BCUT2D eigenvalue weighted by Crippen LogP contribution is -2.41. The number of hydrazine groups is 1. The van der Waals surface area contributed by atoms with Crippen molar-refractivity contribution in [2.75, 3.05) is 31.0 Å². The molecule has 0 saturated heterocycles. The number of nitrogens with one attached hydrogen (secondary N) is 2. The topological polar surface area (TPSA) is 124 Å². The first kappa shape index (κ1) is 20.8. The van der Waals surface area contributed by atoms with E-state index in [0.29, 0.717) is 42.0 Å². The smallest absolute Gasteiger partial charge is 0.246 e. The Hall–Kier alpha value is -2.49. The van der Waals surface area contributed by atoms with Gasteiger partial charge >= 0.3 is 0 Å². The summed E-state index contributed by atoms with van der Waals surface area (Å²) < 4.78 is 0. The minimum Gasteiger partial charge on any atom is -0.347 e. The van der Waals surface area contributed by atoms with Crippen LogP contribution in [0.4, 0.5) is 11.9 Å². The number of carbonyl (C=O) groups excluding carboxylic acids is 2. The fraction of sp³-hybridized carbons (Fsp3) is 0.706. The summed E-state index contributed by atoms with van der Waals surface area (Å²) in [7, 11) is 3.65. The predicted molar refractivity (Wildman–Crippen MR) is 99.9 cm³/mol. The Kier molecular flexibility index (Phi) is 7.71. The Morgan fingerprint density at radius 2 is 2.00 bits per heavy atom. The van der Waals surface area contributed by atoms with Crippen molar-refractivity contribution < 1.29 is 14.8 Å². The first-order chi connectivity index (χ1) is 12.9. The van der Waals surface area contributed by atoms with Gasteiger partial charge in [0.1, 0.15) is 5.82 Å². The SMILES string of the molecule is CCc1nc(NNC(=O)[C@@H](CC2CCCC2)CN(O)C=O)nc(N(C)C)n1. The van der Waals surface area contributed by atoms with Crippen LogP contribution in [0.15, 0.2) is 0 Å². The quantitative estimate of drug-likeness (QED) is 0.312. The maximum absolute atomic E-state index is 12.6. The second-order valence-electron chi connectivity index (χ2n) is 7.05. The zero-order valence-corrected chi connectivity index (χ0v) is 16.2. The largest absolute Gasteiger partial charge is 0.347 e. The number of aromatic nitrogens is 3. The summed E-state index contributed by atoms with van der Waals surface area (Å²) in [6.45, 7) is 1.89. The highest BCUT2D eigenvalue weighted by Gasteiger charge is 2.27. The lowest BCUT2D eigenvalue weighted by Gasteiger charge is -2.22. The number of hydrogen-bond donors (Lipinski definition) is 3. The molecule has 1 saturated carbocycles. The molecule has 1 fully saturated rings. The third-order valence-corrected chi connectivity index (χ3v) is 4.68. The summed E-state index contributed by atoms with van der Waals surface area (Å²) in [6.07, 6.45) is 6.03. The zero-order valence-electron chi connectivity index (χ0n) is 16.2. The Morgan fingerprint density at radius 1 is 1.30 bits per heavy atom. The van der Waals surface area contributed by atoms with Gasteiger partial charge in [0.05, 0.1) is 12.5 Å². The molecular formula is C17H29N7O3. The van der Waals surface area contributed by atoms with Crippen LogP contribution in [0.1, 0.15) is 44.9 Å². The summed E-state index contributed by atoms with van der Waals surface area (Å²) in [5.74, 6) is 0.947. The molecule has 0 aromatic carbocycles. The van der Waals surface area contributed by atoms with Crippen molar-refractivity contribution in [3.05, 3.63) is 5.82 Å². The minimum atomic E-state index is -0.517. The van der Waals surface area contributed by atoms with Crippen molar-refractivity contribution in [1.82, 2.24) is 25.4 Å². The molecule has 0 spiro atoms. The van der Waals surface area contributed by atoms with E-state index in [0.717, 1.165) is 25.7 Å². The van der Waals surface area contributed by atoms with E-state index in [1.807, 2.05) is 21.0 Å². The van der Waals surface area contributed by atoms with Crippen LogP contribution in [-0.4, -0.2) is 58.2 Å². The first-order valence-corrected chi connectivity index (χ1v) is 9.31. The Balaban J connectivity index is 2.03. The monoisotopic (exact) mass is 379 g/mol. The van der Waals surface area contributed by atoms with Crippen LogP contribution in [0.3, 0.4) is 0 Å². The molecular weight excluding hydrogens is 350 g/mol. The third kappa shape index (κ3) is 6.31. The highest BCUT2D eigenvalue weighted by atomic mass is 16.5. The molecule has 0 aliphatic heterocycles. The predicted octanol–water partition coefficient (Wildman–Crippen LogP) is 0.987. The molecule has 150 valence electrons. The van der Waals surface area contributed by atoms with Gasteiger partial charge in [0.25, 0.3) is 0 Å². The second kappa shape index (κ2) is 10.0. The van der Waals surface area contributed by atoms with E-state index in [1.54, 1.807) is 4.90 Å². The van der Waals surface area contributed by atoms with Crippen LogP contribution in [-0.2, 0) is 16.0 Å². The van der Waals surface area contributed by atoms with Gasteiger partial charge in [-0.25, -0.2) is 5.06 Å². The normalized spacial score (nSPS) is 15.3. The number of hydroxylamine groups is 2. The Labute approximate surface area is 159 Å². The van der Waals surface area contributed by atoms with E-state index in [4.69, 9.17) is 0 Å². The number of anilines is 2. The van der Waals surface area contributed by atoms with Gasteiger partial charge < -0.3 is 4.90 Å². The number of hydrogen-bond acceptors (Lipinski definition) is 8. The molecule has 1 atom stereocenters. The zero-order chi connectivity index (χ0) is 19.8. The van der Waals surface area contributed by atoms with Crippen molar-refractivity contribution >= 4 is 24.2 Å². The second-order valence-corrected chi connectivity index (χ2v) is 7.05. The van der Waals surface area contributed by atoms with Crippen LogP contribution in [0.5, 0.6) is 0 Å². The molecule has 1 aromatic rings. The van der Waals surface area contributed by atoms with Gasteiger partial charge in [-0.2, -0.15) is 15.0 Å². The van der Waals surface area contributed by atoms with Gasteiger partial charge in [0.2, 0.25) is 24.2 Å². The van der Waals surface area contributed by atoms with Gasteiger partial charge in [0.15, 0.2) is 0 Å². The summed E-state index contributed by atoms with van der Waals surface area (Å²) >= 11 is 0. The number of nitrogens with zero attached hydrogens (tertiary/aromatic N) is 5. The molecule has 27 heavy (non-hydrogen) atoms. The van der Waals surface area contributed by atoms with E-state index in [9.17, 15) is 14.8 Å². The number of rotatable bonds is 10. The fourth-order valence-corrected chi connectivity index (χ4v) is 3.22. The molecule has 1 aliphatic carbocycles. The van der Waals surface area contributed by atoms with Crippen LogP contribution < -0.4 is 15.8 Å². The number of carbonyl (C=O) groups is 2. The van der Waals surface area contributed by atoms with Gasteiger partial charge in [-0.3, -0.25) is 25.6 Å². The molecule has 2 rings (SSSR count). The van der Waals surface area contributed by atoms with Crippen molar-refractivity contribution in [2.45, 2.75) is 45.4 Å². The summed E-state index contributed by atoms with van der Waals surface area (Å²) in [4.78, 5) is 37.9. The number of amides is 2. The van der Waals surface area contributed by atoms with Crippen LogP contribution in [0.2, 0.25) is 0 Å². The lowest BCUT2D eigenvalue weighted by molar-refractivity contribution is -0.154. The van der Waals surface area contributed by atoms with Crippen LogP contribution >= 0.6 is 0 Å². The molecule has 1 aromatic heterocycles. The maximum Gasteiger partial charge on any atom is 0.246 e. The maximum atomic E-state index is 12.6. The highest BCUT2D eigenvalue weighted by molar-refractivity contribution is 5.80. The Bertz CT molecular complexity index is 635. The standard InChI is InChI=1S/C17H29N7O3/c1-4-14-18-16(20-17(19-14)23(2)3)22-21-15(26)13(10-24(27)11-25)9-12-7-5-6-8-12/h11-13,27H,4-10H2,1-3H3,(H,21,26)(H,18,19,20,22)/t13-/m0/s1. The molecule has 10 heteroatoms. The molecule has 0 radical (unpaired) electrons. The molecule has 0 unspecified atom stereocenters. The first-order valence-electron chi connectivity index (χ1n) is 9.31. The summed E-state index contributed by atoms with van der Waals surface area (Å²) in [5.41, 5.74) is 5.34. The highest BCUT2D eigenvalue weighted by Crippen LogP contribution is 2.30.